The molecule has 0 saturated carbocycles. The number of fused-ring (bicyclic) bond motifs is 1. The van der Waals surface area contributed by atoms with Crippen LogP contribution in [0.5, 0.6) is 0 Å². The van der Waals surface area contributed by atoms with E-state index < -0.39 is 10.0 Å². The molecule has 28 heavy (non-hydrogen) atoms. The third kappa shape index (κ3) is 4.68. The zero-order chi connectivity index (χ0) is 20.1. The Kier molecular flexibility index (Phi) is 6.64. The number of aromatic nitrogens is 1. The van der Waals surface area contributed by atoms with Gasteiger partial charge < -0.3 is 9.64 Å². The summed E-state index contributed by atoms with van der Waals surface area (Å²) >= 11 is 0. The fourth-order valence-electron chi connectivity index (χ4n) is 3.46. The zero-order valence-corrected chi connectivity index (χ0v) is 17.2. The molecule has 2 aromatic rings. The standard InChI is InChI=1S/C20H27N3O4S/c1-3-27-19(24)8-5-9-22-10-12-23(13-11-22)28(25,26)18-7-4-6-17-14-16(2)15-21-20(17)18/h4,6-7,14-15H,3,5,8-13H2,1-2H3. The van der Waals surface area contributed by atoms with Crippen LogP contribution in [-0.4, -0.2) is 67.9 Å². The van der Waals surface area contributed by atoms with Gasteiger partial charge in [0, 0.05) is 44.2 Å². The summed E-state index contributed by atoms with van der Waals surface area (Å²) in [6, 6.07) is 7.23. The largest absolute Gasteiger partial charge is 0.466 e. The Hall–Kier alpha value is -2.03. The summed E-state index contributed by atoms with van der Waals surface area (Å²) in [7, 11) is -3.60. The molecule has 1 aromatic carbocycles. The van der Waals surface area contributed by atoms with Gasteiger partial charge in [-0.1, -0.05) is 12.1 Å². The van der Waals surface area contributed by atoms with Gasteiger partial charge in [0.1, 0.15) is 4.90 Å². The molecule has 1 saturated heterocycles. The van der Waals surface area contributed by atoms with Gasteiger partial charge in [-0.05, 0) is 44.5 Å². The van der Waals surface area contributed by atoms with Crippen molar-refractivity contribution in [2.45, 2.75) is 31.6 Å². The molecule has 0 unspecified atom stereocenters. The minimum absolute atomic E-state index is 0.178. The number of hydrogen-bond donors (Lipinski definition) is 0. The van der Waals surface area contributed by atoms with Gasteiger partial charge in [-0.3, -0.25) is 9.78 Å². The second-order valence-corrected chi connectivity index (χ2v) is 8.90. The lowest BCUT2D eigenvalue weighted by molar-refractivity contribution is -0.143. The number of sulfonamides is 1. The average Bonchev–Trinajstić information content (AvgIpc) is 2.68. The molecule has 2 heterocycles. The number of pyridine rings is 1. The number of esters is 1. The molecular formula is C20H27N3O4S. The summed E-state index contributed by atoms with van der Waals surface area (Å²) in [6.45, 7) is 7.07. The van der Waals surface area contributed by atoms with Crippen LogP contribution in [0.2, 0.25) is 0 Å². The van der Waals surface area contributed by atoms with E-state index in [4.69, 9.17) is 4.74 Å². The van der Waals surface area contributed by atoms with Gasteiger partial charge in [-0.15, -0.1) is 0 Å². The molecule has 8 heteroatoms. The van der Waals surface area contributed by atoms with Crippen molar-refractivity contribution >= 4 is 26.9 Å². The molecule has 0 atom stereocenters. The van der Waals surface area contributed by atoms with E-state index in [1.165, 1.54) is 4.31 Å². The van der Waals surface area contributed by atoms with Gasteiger partial charge in [0.05, 0.1) is 12.1 Å². The van der Waals surface area contributed by atoms with E-state index in [2.05, 4.69) is 9.88 Å². The van der Waals surface area contributed by atoms with Crippen molar-refractivity contribution in [1.82, 2.24) is 14.2 Å². The number of benzene rings is 1. The van der Waals surface area contributed by atoms with Crippen molar-refractivity contribution in [2.24, 2.45) is 0 Å². The zero-order valence-electron chi connectivity index (χ0n) is 16.4. The Morgan fingerprint density at radius 1 is 1.21 bits per heavy atom. The highest BCUT2D eigenvalue weighted by atomic mass is 32.2. The van der Waals surface area contributed by atoms with Gasteiger partial charge in [-0.2, -0.15) is 4.31 Å². The van der Waals surface area contributed by atoms with Crippen molar-refractivity contribution in [3.8, 4) is 0 Å². The van der Waals surface area contributed by atoms with Crippen LogP contribution in [0, 0.1) is 6.92 Å². The lowest BCUT2D eigenvalue weighted by atomic mass is 10.2. The van der Waals surface area contributed by atoms with E-state index in [0.29, 0.717) is 44.7 Å². The molecule has 1 aliphatic rings. The van der Waals surface area contributed by atoms with Crippen LogP contribution in [0.25, 0.3) is 10.9 Å². The van der Waals surface area contributed by atoms with Crippen molar-refractivity contribution in [3.05, 3.63) is 36.0 Å². The monoisotopic (exact) mass is 405 g/mol. The maximum atomic E-state index is 13.2. The Morgan fingerprint density at radius 3 is 2.68 bits per heavy atom. The van der Waals surface area contributed by atoms with Crippen molar-refractivity contribution in [2.75, 3.05) is 39.3 Å². The lowest BCUT2D eigenvalue weighted by Gasteiger charge is -2.34. The summed E-state index contributed by atoms with van der Waals surface area (Å²) in [5, 5.41) is 0.832. The van der Waals surface area contributed by atoms with Crippen LogP contribution < -0.4 is 0 Å². The van der Waals surface area contributed by atoms with E-state index in [1.807, 2.05) is 19.1 Å². The number of ether oxygens (including phenoxy) is 1. The molecule has 0 spiro atoms. The molecule has 152 valence electrons. The van der Waals surface area contributed by atoms with Gasteiger partial charge in [0.2, 0.25) is 10.0 Å². The maximum absolute atomic E-state index is 13.2. The molecular weight excluding hydrogens is 378 g/mol. The predicted octanol–water partition coefficient (Wildman–Crippen LogP) is 2.19. The summed E-state index contributed by atoms with van der Waals surface area (Å²) < 4.78 is 32.8. The molecule has 1 fully saturated rings. The number of rotatable bonds is 7. The summed E-state index contributed by atoms with van der Waals surface area (Å²) in [5.41, 5.74) is 1.52. The van der Waals surface area contributed by atoms with E-state index in [1.54, 1.807) is 25.3 Å². The number of carbonyl (C=O) groups excluding carboxylic acids is 1. The first kappa shape index (κ1) is 20.7. The molecule has 0 amide bonds. The average molecular weight is 406 g/mol. The topological polar surface area (TPSA) is 79.8 Å². The van der Waals surface area contributed by atoms with Gasteiger partial charge in [0.15, 0.2) is 0 Å². The summed E-state index contributed by atoms with van der Waals surface area (Å²) in [5.74, 6) is -0.178. The van der Waals surface area contributed by atoms with Crippen LogP contribution in [0.15, 0.2) is 35.4 Å². The number of piperazine rings is 1. The highest BCUT2D eigenvalue weighted by Gasteiger charge is 2.30. The Bertz CT molecular complexity index is 938. The Balaban J connectivity index is 1.63. The van der Waals surface area contributed by atoms with Crippen LogP contribution in [0.1, 0.15) is 25.3 Å². The van der Waals surface area contributed by atoms with E-state index >= 15 is 0 Å². The van der Waals surface area contributed by atoms with E-state index in [9.17, 15) is 13.2 Å². The minimum atomic E-state index is -3.60. The van der Waals surface area contributed by atoms with Crippen LogP contribution in [-0.2, 0) is 19.6 Å². The second kappa shape index (κ2) is 8.98. The quantitative estimate of drug-likeness (QED) is 0.657. The SMILES string of the molecule is CCOC(=O)CCCN1CCN(S(=O)(=O)c2cccc3cc(C)cnc23)CC1. The van der Waals surface area contributed by atoms with Gasteiger partial charge >= 0.3 is 5.97 Å². The predicted molar refractivity (Wildman–Crippen MR) is 108 cm³/mol. The van der Waals surface area contributed by atoms with Gasteiger partial charge in [-0.25, -0.2) is 8.42 Å². The first-order valence-corrected chi connectivity index (χ1v) is 11.1. The summed E-state index contributed by atoms with van der Waals surface area (Å²) in [6.07, 6.45) is 2.81. The van der Waals surface area contributed by atoms with Crippen molar-refractivity contribution < 1.29 is 17.9 Å². The lowest BCUT2D eigenvalue weighted by Crippen LogP contribution is -2.48. The van der Waals surface area contributed by atoms with Crippen LogP contribution >= 0.6 is 0 Å². The number of para-hydroxylation sites is 1. The maximum Gasteiger partial charge on any atom is 0.305 e. The fraction of sp³-hybridized carbons (Fsp3) is 0.500. The molecule has 0 radical (unpaired) electrons. The number of aryl methyl sites for hydroxylation is 1. The number of carbonyl (C=O) groups is 1. The molecule has 1 aliphatic heterocycles. The minimum Gasteiger partial charge on any atom is -0.466 e. The van der Waals surface area contributed by atoms with Crippen molar-refractivity contribution in [1.29, 1.82) is 0 Å². The van der Waals surface area contributed by atoms with E-state index in [0.717, 1.165) is 23.9 Å². The molecule has 0 aliphatic carbocycles. The molecule has 3 rings (SSSR count). The second-order valence-electron chi connectivity index (χ2n) is 6.99. The third-order valence-electron chi connectivity index (χ3n) is 4.92. The molecule has 0 N–H and O–H groups in total. The molecule has 7 nitrogen and oxygen atoms in total. The number of nitrogens with zero attached hydrogens (tertiary/aromatic N) is 3. The van der Waals surface area contributed by atoms with Gasteiger partial charge in [0.25, 0.3) is 0 Å². The third-order valence-corrected chi connectivity index (χ3v) is 6.85. The fourth-order valence-corrected chi connectivity index (χ4v) is 5.05. The highest BCUT2D eigenvalue weighted by Crippen LogP contribution is 2.25. The number of hydrogen-bond acceptors (Lipinski definition) is 6. The first-order valence-electron chi connectivity index (χ1n) is 9.65. The first-order chi connectivity index (χ1) is 13.4. The summed E-state index contributed by atoms with van der Waals surface area (Å²) in [4.78, 5) is 18.2. The Morgan fingerprint density at radius 2 is 1.96 bits per heavy atom. The Labute approximate surface area is 166 Å². The van der Waals surface area contributed by atoms with Crippen molar-refractivity contribution in [3.63, 3.8) is 0 Å². The highest BCUT2D eigenvalue weighted by molar-refractivity contribution is 7.89. The van der Waals surface area contributed by atoms with E-state index in [-0.39, 0.29) is 10.9 Å². The molecule has 0 bridgehead atoms. The van der Waals surface area contributed by atoms with Crippen LogP contribution in [0.3, 0.4) is 0 Å². The smallest absolute Gasteiger partial charge is 0.305 e. The van der Waals surface area contributed by atoms with Crippen LogP contribution in [0.4, 0.5) is 0 Å². The molecule has 1 aromatic heterocycles. The normalized spacial score (nSPS) is 16.4.